The lowest BCUT2D eigenvalue weighted by molar-refractivity contribution is 0.665. The van der Waals surface area contributed by atoms with Crippen molar-refractivity contribution in [1.29, 1.82) is 0 Å². The van der Waals surface area contributed by atoms with Crippen molar-refractivity contribution in [3.8, 4) is 0 Å². The Morgan fingerprint density at radius 2 is 2.00 bits per heavy atom. The summed E-state index contributed by atoms with van der Waals surface area (Å²) in [6, 6.07) is 5.53. The van der Waals surface area contributed by atoms with Crippen LogP contribution in [0.2, 0.25) is 10.0 Å². The molecule has 0 aliphatic rings. The smallest absolute Gasteiger partial charge is 0.110 e. The lowest BCUT2D eigenvalue weighted by atomic mass is 10.1. The molecule has 2 rings (SSSR count). The molecule has 0 unspecified atom stereocenters. The molecule has 1 aromatic carbocycles. The van der Waals surface area contributed by atoms with Gasteiger partial charge in [-0.3, -0.25) is 0 Å². The fourth-order valence-electron chi connectivity index (χ4n) is 1.85. The Kier molecular flexibility index (Phi) is 5.25. The molecule has 0 radical (unpaired) electrons. The van der Waals surface area contributed by atoms with Gasteiger partial charge in [0.15, 0.2) is 0 Å². The van der Waals surface area contributed by atoms with Gasteiger partial charge in [0, 0.05) is 34.9 Å². The van der Waals surface area contributed by atoms with Crippen LogP contribution in [0.3, 0.4) is 0 Å². The quantitative estimate of drug-likeness (QED) is 0.796. The molecule has 2 N–H and O–H groups in total. The maximum atomic E-state index is 6.15. The number of halogens is 2. The highest BCUT2D eigenvalue weighted by atomic mass is 35.5. The summed E-state index contributed by atoms with van der Waals surface area (Å²) in [4.78, 5) is 7.64. The van der Waals surface area contributed by atoms with Crippen molar-refractivity contribution in [2.24, 2.45) is 0 Å². The van der Waals surface area contributed by atoms with Gasteiger partial charge in [0.1, 0.15) is 5.82 Å². The number of benzene rings is 1. The van der Waals surface area contributed by atoms with Crippen LogP contribution in [0, 0.1) is 0 Å². The number of hydrogen-bond acceptors (Lipinski definition) is 2. The zero-order chi connectivity index (χ0) is 13.7. The molecule has 102 valence electrons. The van der Waals surface area contributed by atoms with Gasteiger partial charge in [0.2, 0.25) is 0 Å². The number of aromatic amines is 1. The number of nitrogens with one attached hydrogen (secondary N) is 2. The van der Waals surface area contributed by atoms with Crippen LogP contribution in [-0.2, 0) is 13.0 Å². The van der Waals surface area contributed by atoms with Crippen molar-refractivity contribution < 1.29 is 0 Å². The predicted molar refractivity (Wildman–Crippen MR) is 79.9 cm³/mol. The van der Waals surface area contributed by atoms with Crippen molar-refractivity contribution >= 4 is 23.2 Å². The minimum Gasteiger partial charge on any atom is -0.345 e. The topological polar surface area (TPSA) is 40.7 Å². The molecule has 0 amide bonds. The molecule has 0 atom stereocenters. The Morgan fingerprint density at radius 1 is 1.26 bits per heavy atom. The molecule has 2 aromatic rings. The average molecular weight is 298 g/mol. The Labute approximate surface area is 123 Å². The van der Waals surface area contributed by atoms with Crippen LogP contribution in [0.4, 0.5) is 0 Å². The molecule has 0 aliphatic carbocycles. The van der Waals surface area contributed by atoms with Crippen molar-refractivity contribution in [2.75, 3.05) is 6.54 Å². The fraction of sp³-hybridized carbons (Fsp3) is 0.357. The van der Waals surface area contributed by atoms with Gasteiger partial charge in [0.05, 0.1) is 0 Å². The Balaban J connectivity index is 2.03. The van der Waals surface area contributed by atoms with Gasteiger partial charge < -0.3 is 10.3 Å². The number of rotatable bonds is 6. The zero-order valence-corrected chi connectivity index (χ0v) is 12.4. The maximum Gasteiger partial charge on any atom is 0.110 e. The van der Waals surface area contributed by atoms with Crippen LogP contribution in [0.25, 0.3) is 0 Å². The standard InChI is InChI=1S/C14H17Cl2N3/c1-2-6-17-8-10-9-18-14(19-10)7-11-12(15)4-3-5-13(11)16/h3-5,9,17H,2,6-8H2,1H3,(H,18,19). The van der Waals surface area contributed by atoms with Crippen molar-refractivity contribution in [2.45, 2.75) is 26.3 Å². The number of aromatic nitrogens is 2. The molecule has 0 aliphatic heterocycles. The van der Waals surface area contributed by atoms with Crippen LogP contribution < -0.4 is 5.32 Å². The molecule has 0 saturated carbocycles. The predicted octanol–water partition coefficient (Wildman–Crippen LogP) is 3.81. The van der Waals surface area contributed by atoms with Crippen molar-refractivity contribution in [3.63, 3.8) is 0 Å². The van der Waals surface area contributed by atoms with Crippen LogP contribution in [-0.4, -0.2) is 16.5 Å². The maximum absolute atomic E-state index is 6.15. The number of H-pyrrole nitrogens is 1. The first-order valence-corrected chi connectivity index (χ1v) is 7.12. The normalized spacial score (nSPS) is 10.9. The minimum absolute atomic E-state index is 0.617. The summed E-state index contributed by atoms with van der Waals surface area (Å²) in [7, 11) is 0. The van der Waals surface area contributed by atoms with Crippen LogP contribution >= 0.6 is 23.2 Å². The number of hydrogen-bond donors (Lipinski definition) is 2. The van der Waals surface area contributed by atoms with E-state index in [-0.39, 0.29) is 0 Å². The largest absolute Gasteiger partial charge is 0.345 e. The van der Waals surface area contributed by atoms with E-state index in [1.807, 2.05) is 24.4 Å². The second-order valence-electron chi connectivity index (χ2n) is 4.41. The van der Waals surface area contributed by atoms with E-state index in [4.69, 9.17) is 23.2 Å². The van der Waals surface area contributed by atoms with Crippen molar-refractivity contribution in [3.05, 3.63) is 51.5 Å². The molecule has 0 spiro atoms. The third kappa shape index (κ3) is 3.96. The van der Waals surface area contributed by atoms with Crippen LogP contribution in [0.1, 0.15) is 30.4 Å². The van der Waals surface area contributed by atoms with E-state index < -0.39 is 0 Å². The van der Waals surface area contributed by atoms with E-state index in [1.165, 1.54) is 0 Å². The lowest BCUT2D eigenvalue weighted by Crippen LogP contribution is -2.13. The van der Waals surface area contributed by atoms with Gasteiger partial charge in [-0.2, -0.15) is 0 Å². The zero-order valence-electron chi connectivity index (χ0n) is 10.8. The van der Waals surface area contributed by atoms with E-state index >= 15 is 0 Å². The van der Waals surface area contributed by atoms with Gasteiger partial charge in [-0.15, -0.1) is 0 Å². The summed E-state index contributed by atoms with van der Waals surface area (Å²) in [5.74, 6) is 0.878. The first-order valence-electron chi connectivity index (χ1n) is 6.37. The SMILES string of the molecule is CCCNCc1cnc(Cc2c(Cl)cccc2Cl)[nH]1. The summed E-state index contributed by atoms with van der Waals surface area (Å²) in [6.07, 6.45) is 3.59. The van der Waals surface area contributed by atoms with Crippen LogP contribution in [0.15, 0.2) is 24.4 Å². The van der Waals surface area contributed by atoms with Crippen LogP contribution in [0.5, 0.6) is 0 Å². The summed E-state index contributed by atoms with van der Waals surface area (Å²) in [5.41, 5.74) is 1.99. The molecule has 0 saturated heterocycles. The third-order valence-electron chi connectivity index (χ3n) is 2.83. The van der Waals surface area contributed by atoms with E-state index in [2.05, 4.69) is 22.2 Å². The Morgan fingerprint density at radius 3 is 2.68 bits per heavy atom. The van der Waals surface area contributed by atoms with E-state index in [9.17, 15) is 0 Å². The summed E-state index contributed by atoms with van der Waals surface area (Å²) >= 11 is 12.3. The van der Waals surface area contributed by atoms with Gasteiger partial charge in [-0.1, -0.05) is 36.2 Å². The van der Waals surface area contributed by atoms with E-state index in [1.54, 1.807) is 0 Å². The van der Waals surface area contributed by atoms with Gasteiger partial charge >= 0.3 is 0 Å². The van der Waals surface area contributed by atoms with Gasteiger partial charge in [0.25, 0.3) is 0 Å². The highest BCUT2D eigenvalue weighted by Crippen LogP contribution is 2.26. The number of nitrogens with zero attached hydrogens (tertiary/aromatic N) is 1. The Hall–Kier alpha value is -1.03. The summed E-state index contributed by atoms with van der Waals surface area (Å²) in [6.45, 7) is 3.95. The molecular weight excluding hydrogens is 281 g/mol. The Bertz CT molecular complexity index is 517. The molecule has 3 nitrogen and oxygen atoms in total. The monoisotopic (exact) mass is 297 g/mol. The van der Waals surface area contributed by atoms with Crippen molar-refractivity contribution in [1.82, 2.24) is 15.3 Å². The molecular formula is C14H17Cl2N3. The second kappa shape index (κ2) is 6.94. The molecule has 0 fully saturated rings. The first kappa shape index (κ1) is 14.4. The second-order valence-corrected chi connectivity index (χ2v) is 5.22. The molecule has 0 bridgehead atoms. The molecule has 1 heterocycles. The average Bonchev–Trinajstić information content (AvgIpc) is 2.82. The minimum atomic E-state index is 0.617. The highest BCUT2D eigenvalue weighted by molar-refractivity contribution is 6.36. The fourth-order valence-corrected chi connectivity index (χ4v) is 2.38. The highest BCUT2D eigenvalue weighted by Gasteiger charge is 2.08. The molecule has 5 heteroatoms. The molecule has 19 heavy (non-hydrogen) atoms. The third-order valence-corrected chi connectivity index (χ3v) is 3.54. The van der Waals surface area contributed by atoms with E-state index in [0.717, 1.165) is 36.6 Å². The van der Waals surface area contributed by atoms with Gasteiger partial charge in [-0.25, -0.2) is 4.98 Å². The van der Waals surface area contributed by atoms with Gasteiger partial charge in [-0.05, 0) is 30.7 Å². The summed E-state index contributed by atoms with van der Waals surface area (Å²) in [5, 5.41) is 4.68. The first-order chi connectivity index (χ1) is 9.20. The van der Waals surface area contributed by atoms with E-state index in [0.29, 0.717) is 16.5 Å². The summed E-state index contributed by atoms with van der Waals surface area (Å²) < 4.78 is 0. The number of imidazole rings is 1. The lowest BCUT2D eigenvalue weighted by Gasteiger charge is -2.04. The molecule has 1 aromatic heterocycles.